The summed E-state index contributed by atoms with van der Waals surface area (Å²) in [5.74, 6) is -5.22. The molecule has 0 aromatic heterocycles. The third-order valence-electron chi connectivity index (χ3n) is 5.69. The molecule has 0 radical (unpaired) electrons. The van der Waals surface area contributed by atoms with E-state index in [1.807, 2.05) is 0 Å². The second-order valence-electron chi connectivity index (χ2n) is 7.80. The molecule has 0 unspecified atom stereocenters. The molecule has 178 valence electrons. The zero-order valence-electron chi connectivity index (χ0n) is 16.7. The summed E-state index contributed by atoms with van der Waals surface area (Å²) >= 11 is 0. The Labute approximate surface area is 178 Å². The van der Waals surface area contributed by atoms with Crippen LogP contribution in [0.3, 0.4) is 0 Å². The second-order valence-corrected chi connectivity index (χ2v) is 7.80. The SMILES string of the molecule is C[C@@H]1C(=O)NCCN1C(=O)N[C@@H](c1ccc(OC(F)(F)F)c(F)c1)C1CC(C(F)(F)F)C1. The number of urea groups is 1. The van der Waals surface area contributed by atoms with Crippen molar-refractivity contribution >= 4 is 11.9 Å². The number of ether oxygens (including phenoxy) is 1. The maximum absolute atomic E-state index is 14.2. The van der Waals surface area contributed by atoms with Crippen LogP contribution in [0.5, 0.6) is 5.75 Å². The van der Waals surface area contributed by atoms with E-state index in [1.54, 1.807) is 0 Å². The summed E-state index contributed by atoms with van der Waals surface area (Å²) in [7, 11) is 0. The fraction of sp³-hybridized carbons (Fsp3) is 0.579. The lowest BCUT2D eigenvalue weighted by Gasteiger charge is -2.42. The number of rotatable bonds is 4. The van der Waals surface area contributed by atoms with E-state index in [4.69, 9.17) is 0 Å². The van der Waals surface area contributed by atoms with Gasteiger partial charge in [-0.1, -0.05) is 6.07 Å². The number of hydrogen-bond donors (Lipinski definition) is 2. The summed E-state index contributed by atoms with van der Waals surface area (Å²) < 4.78 is 93.8. The zero-order chi connectivity index (χ0) is 23.8. The van der Waals surface area contributed by atoms with Crippen LogP contribution in [0, 0.1) is 17.7 Å². The lowest BCUT2D eigenvalue weighted by Crippen LogP contribution is -2.59. The van der Waals surface area contributed by atoms with Gasteiger partial charge in [-0.05, 0) is 43.4 Å². The van der Waals surface area contributed by atoms with Crippen LogP contribution in [0.4, 0.5) is 35.5 Å². The van der Waals surface area contributed by atoms with Crippen LogP contribution in [-0.2, 0) is 4.79 Å². The molecule has 0 bridgehead atoms. The van der Waals surface area contributed by atoms with Gasteiger partial charge in [0, 0.05) is 13.1 Å². The van der Waals surface area contributed by atoms with Crippen molar-refractivity contribution in [2.45, 2.75) is 44.4 Å². The Kier molecular flexibility index (Phi) is 6.47. The first-order valence-corrected chi connectivity index (χ1v) is 9.73. The first kappa shape index (κ1) is 23.9. The number of carbonyl (C=O) groups excluding carboxylic acids is 2. The molecule has 2 aliphatic rings. The van der Waals surface area contributed by atoms with Crippen LogP contribution in [0.2, 0.25) is 0 Å². The van der Waals surface area contributed by atoms with Crippen molar-refractivity contribution in [2.75, 3.05) is 13.1 Å². The van der Waals surface area contributed by atoms with Crippen LogP contribution in [0.15, 0.2) is 18.2 Å². The lowest BCUT2D eigenvalue weighted by molar-refractivity contribution is -0.275. The van der Waals surface area contributed by atoms with Crippen molar-refractivity contribution in [1.82, 2.24) is 15.5 Å². The van der Waals surface area contributed by atoms with Gasteiger partial charge in [0.25, 0.3) is 0 Å². The van der Waals surface area contributed by atoms with Crippen molar-refractivity contribution in [3.8, 4) is 5.75 Å². The molecule has 1 aromatic rings. The monoisotopic (exact) mass is 471 g/mol. The van der Waals surface area contributed by atoms with E-state index < -0.39 is 60.0 Å². The Morgan fingerprint density at radius 2 is 1.88 bits per heavy atom. The van der Waals surface area contributed by atoms with Gasteiger partial charge in [-0.25, -0.2) is 9.18 Å². The van der Waals surface area contributed by atoms with Crippen molar-refractivity contribution in [1.29, 1.82) is 0 Å². The molecule has 2 atom stereocenters. The molecular formula is C19H20F7N3O3. The van der Waals surface area contributed by atoms with Gasteiger partial charge >= 0.3 is 18.6 Å². The average Bonchev–Trinajstić information content (AvgIpc) is 2.61. The first-order valence-electron chi connectivity index (χ1n) is 9.73. The molecule has 1 aliphatic heterocycles. The summed E-state index contributed by atoms with van der Waals surface area (Å²) in [6.07, 6.45) is -10.2. The van der Waals surface area contributed by atoms with Gasteiger partial charge in [0.2, 0.25) is 5.91 Å². The predicted molar refractivity (Wildman–Crippen MR) is 95.8 cm³/mol. The quantitative estimate of drug-likeness (QED) is 0.655. The van der Waals surface area contributed by atoms with Crippen LogP contribution < -0.4 is 15.4 Å². The molecule has 32 heavy (non-hydrogen) atoms. The fourth-order valence-electron chi connectivity index (χ4n) is 3.87. The average molecular weight is 471 g/mol. The minimum Gasteiger partial charge on any atom is -0.403 e. The fourth-order valence-corrected chi connectivity index (χ4v) is 3.87. The Balaban J connectivity index is 1.82. The molecule has 2 fully saturated rings. The second kappa shape index (κ2) is 8.66. The van der Waals surface area contributed by atoms with E-state index in [0.29, 0.717) is 12.1 Å². The number of piperazine rings is 1. The normalized spacial score (nSPS) is 24.9. The molecule has 13 heteroatoms. The largest absolute Gasteiger partial charge is 0.573 e. The number of nitrogens with zero attached hydrogens (tertiary/aromatic N) is 1. The van der Waals surface area contributed by atoms with Crippen LogP contribution >= 0.6 is 0 Å². The zero-order valence-corrected chi connectivity index (χ0v) is 16.7. The number of nitrogens with one attached hydrogen (secondary N) is 2. The van der Waals surface area contributed by atoms with Crippen molar-refractivity contribution in [3.63, 3.8) is 0 Å². The van der Waals surface area contributed by atoms with Crippen LogP contribution in [0.1, 0.15) is 31.4 Å². The van der Waals surface area contributed by atoms with Gasteiger partial charge in [-0.3, -0.25) is 4.79 Å². The van der Waals surface area contributed by atoms with Crippen molar-refractivity contribution in [2.24, 2.45) is 11.8 Å². The number of halogens is 7. The number of alkyl halides is 6. The molecular weight excluding hydrogens is 451 g/mol. The molecule has 1 saturated carbocycles. The van der Waals surface area contributed by atoms with Gasteiger partial charge in [0.05, 0.1) is 12.0 Å². The van der Waals surface area contributed by atoms with E-state index in [0.717, 1.165) is 6.07 Å². The van der Waals surface area contributed by atoms with Gasteiger partial charge < -0.3 is 20.3 Å². The molecule has 0 spiro atoms. The Morgan fingerprint density at radius 1 is 1.22 bits per heavy atom. The summed E-state index contributed by atoms with van der Waals surface area (Å²) in [6.45, 7) is 1.79. The summed E-state index contributed by atoms with van der Waals surface area (Å²) in [6, 6.07) is -0.236. The van der Waals surface area contributed by atoms with Gasteiger partial charge in [-0.15, -0.1) is 13.2 Å². The first-order chi connectivity index (χ1) is 14.8. The van der Waals surface area contributed by atoms with E-state index >= 15 is 0 Å². The summed E-state index contributed by atoms with van der Waals surface area (Å²) in [5, 5.41) is 5.09. The number of amides is 3. The predicted octanol–water partition coefficient (Wildman–Crippen LogP) is 3.88. The smallest absolute Gasteiger partial charge is 0.403 e. The molecule has 1 aromatic carbocycles. The number of carbonyl (C=O) groups is 2. The Bertz CT molecular complexity index is 869. The molecule has 3 rings (SSSR count). The van der Waals surface area contributed by atoms with E-state index in [1.165, 1.54) is 11.8 Å². The van der Waals surface area contributed by atoms with Gasteiger partial charge in [0.15, 0.2) is 11.6 Å². The highest BCUT2D eigenvalue weighted by Crippen LogP contribution is 2.49. The Hall–Kier alpha value is -2.73. The molecule has 1 aliphatic carbocycles. The van der Waals surface area contributed by atoms with Gasteiger partial charge in [-0.2, -0.15) is 13.2 Å². The standard InChI is InChI=1S/C19H20F7N3O3/c1-9-16(30)27-4-5-29(9)17(31)28-15(11-6-12(7-11)18(21,22)23)10-2-3-14(13(20)8-10)32-19(24,25)26/h2-3,8-9,11-12,15H,4-7H2,1H3,(H,27,30)(H,28,31)/t9-,11?,12?,15+/m1/s1. The van der Waals surface area contributed by atoms with Crippen LogP contribution in [-0.4, -0.2) is 48.5 Å². The maximum Gasteiger partial charge on any atom is 0.573 e. The molecule has 1 saturated heterocycles. The van der Waals surface area contributed by atoms with Crippen molar-refractivity contribution < 1.29 is 45.1 Å². The van der Waals surface area contributed by atoms with Crippen LogP contribution in [0.25, 0.3) is 0 Å². The summed E-state index contributed by atoms with van der Waals surface area (Å²) in [5.41, 5.74) is -0.00915. The van der Waals surface area contributed by atoms with E-state index in [2.05, 4.69) is 15.4 Å². The van der Waals surface area contributed by atoms with E-state index in [9.17, 15) is 40.3 Å². The number of benzene rings is 1. The topological polar surface area (TPSA) is 70.7 Å². The molecule has 2 N–H and O–H groups in total. The molecule has 3 amide bonds. The Morgan fingerprint density at radius 3 is 2.44 bits per heavy atom. The number of hydrogen-bond acceptors (Lipinski definition) is 3. The van der Waals surface area contributed by atoms with E-state index in [-0.39, 0.29) is 31.5 Å². The third kappa shape index (κ3) is 5.36. The minimum atomic E-state index is -5.13. The lowest BCUT2D eigenvalue weighted by atomic mass is 9.69. The highest BCUT2D eigenvalue weighted by atomic mass is 19.4. The van der Waals surface area contributed by atoms with Crippen molar-refractivity contribution in [3.05, 3.63) is 29.6 Å². The third-order valence-corrected chi connectivity index (χ3v) is 5.69. The minimum absolute atomic E-state index is 0.00915. The highest BCUT2D eigenvalue weighted by Gasteiger charge is 2.50. The summed E-state index contributed by atoms with van der Waals surface area (Å²) in [4.78, 5) is 25.7. The maximum atomic E-state index is 14.2. The molecule has 6 nitrogen and oxygen atoms in total. The highest BCUT2D eigenvalue weighted by molar-refractivity contribution is 5.88. The molecule has 1 heterocycles. The van der Waals surface area contributed by atoms with Gasteiger partial charge in [0.1, 0.15) is 6.04 Å².